The maximum atomic E-state index is 12.9. The van der Waals surface area contributed by atoms with Crippen LogP contribution in [0.25, 0.3) is 0 Å². The number of thiocarbonyl (C=S) groups is 1. The van der Waals surface area contributed by atoms with E-state index in [9.17, 15) is 9.59 Å². The van der Waals surface area contributed by atoms with Crippen molar-refractivity contribution in [2.24, 2.45) is 11.1 Å². The molecule has 0 atom stereocenters. The molecular formula is C14H23N3O2S. The van der Waals surface area contributed by atoms with E-state index in [2.05, 4.69) is 5.32 Å². The summed E-state index contributed by atoms with van der Waals surface area (Å²) in [7, 11) is 0. The van der Waals surface area contributed by atoms with Crippen molar-refractivity contribution in [1.82, 2.24) is 10.2 Å². The van der Waals surface area contributed by atoms with Crippen LogP contribution >= 0.6 is 12.2 Å². The van der Waals surface area contributed by atoms with Gasteiger partial charge in [0.15, 0.2) is 0 Å². The number of hydrogen-bond acceptors (Lipinski definition) is 3. The van der Waals surface area contributed by atoms with E-state index in [1.54, 1.807) is 4.90 Å². The highest BCUT2D eigenvalue weighted by molar-refractivity contribution is 7.80. The quantitative estimate of drug-likeness (QED) is 0.588. The van der Waals surface area contributed by atoms with Crippen molar-refractivity contribution in [2.45, 2.75) is 44.9 Å². The Morgan fingerprint density at radius 2 is 1.85 bits per heavy atom. The van der Waals surface area contributed by atoms with Gasteiger partial charge >= 0.3 is 0 Å². The number of nitrogens with two attached hydrogens (primary N) is 1. The summed E-state index contributed by atoms with van der Waals surface area (Å²) in [6.45, 7) is 1.35. The van der Waals surface area contributed by atoms with E-state index >= 15 is 0 Å². The summed E-state index contributed by atoms with van der Waals surface area (Å²) in [5, 5.41) is 2.79. The molecule has 20 heavy (non-hydrogen) atoms. The fraction of sp³-hybridized carbons (Fsp3) is 0.786. The van der Waals surface area contributed by atoms with E-state index in [1.807, 2.05) is 0 Å². The molecule has 2 fully saturated rings. The number of rotatable bonds is 2. The molecule has 1 saturated carbocycles. The van der Waals surface area contributed by atoms with Crippen LogP contribution < -0.4 is 11.1 Å². The zero-order valence-corrected chi connectivity index (χ0v) is 12.6. The minimum Gasteiger partial charge on any atom is -0.392 e. The number of carbonyl (C=O) groups is 2. The highest BCUT2D eigenvalue weighted by Crippen LogP contribution is 2.37. The predicted octanol–water partition coefficient (Wildman–Crippen LogP) is 0.962. The van der Waals surface area contributed by atoms with Gasteiger partial charge in [-0.1, -0.05) is 37.9 Å². The van der Waals surface area contributed by atoms with Crippen molar-refractivity contribution >= 4 is 29.0 Å². The molecule has 0 aromatic carbocycles. The zero-order valence-electron chi connectivity index (χ0n) is 11.8. The Hall–Kier alpha value is -1.17. The van der Waals surface area contributed by atoms with Crippen molar-refractivity contribution in [3.63, 3.8) is 0 Å². The molecule has 0 radical (unpaired) electrons. The molecule has 1 aliphatic heterocycles. The van der Waals surface area contributed by atoms with Gasteiger partial charge in [0, 0.05) is 13.1 Å². The van der Waals surface area contributed by atoms with Crippen molar-refractivity contribution in [3.8, 4) is 0 Å². The van der Waals surface area contributed by atoms with Gasteiger partial charge in [0.2, 0.25) is 11.8 Å². The van der Waals surface area contributed by atoms with E-state index in [0.29, 0.717) is 18.1 Å². The second-order valence-corrected chi connectivity index (χ2v) is 6.23. The molecule has 0 aromatic heterocycles. The van der Waals surface area contributed by atoms with Crippen LogP contribution in [0.15, 0.2) is 0 Å². The molecule has 3 N–H and O–H groups in total. The third-order valence-corrected chi connectivity index (χ3v) is 4.78. The standard InChI is InChI=1S/C14H23N3O2S/c15-12(20)14(6-3-1-2-4-7-14)13(19)17-9-5-8-16-11(18)10-17/h1-10H2,(H2,15,20)(H,16,18). The summed E-state index contributed by atoms with van der Waals surface area (Å²) in [5.41, 5.74) is 5.21. The lowest BCUT2D eigenvalue weighted by molar-refractivity contribution is -0.141. The number of amides is 2. The predicted molar refractivity (Wildman–Crippen MR) is 81.1 cm³/mol. The molecule has 0 aromatic rings. The van der Waals surface area contributed by atoms with Crippen molar-refractivity contribution in [1.29, 1.82) is 0 Å². The summed E-state index contributed by atoms with van der Waals surface area (Å²) in [4.78, 5) is 26.5. The minimum atomic E-state index is -0.726. The van der Waals surface area contributed by atoms with Gasteiger partial charge in [0.1, 0.15) is 0 Å². The van der Waals surface area contributed by atoms with Gasteiger partial charge in [-0.2, -0.15) is 0 Å². The van der Waals surface area contributed by atoms with Crippen LogP contribution in [0.3, 0.4) is 0 Å². The van der Waals surface area contributed by atoms with Crippen LogP contribution in [-0.2, 0) is 9.59 Å². The molecule has 2 rings (SSSR count). The summed E-state index contributed by atoms with van der Waals surface area (Å²) in [6, 6.07) is 0. The lowest BCUT2D eigenvalue weighted by atomic mass is 9.78. The van der Waals surface area contributed by atoms with Crippen LogP contribution in [0.2, 0.25) is 0 Å². The highest BCUT2D eigenvalue weighted by atomic mass is 32.1. The minimum absolute atomic E-state index is 0.0380. The van der Waals surface area contributed by atoms with Crippen LogP contribution in [0.1, 0.15) is 44.9 Å². The third-order valence-electron chi connectivity index (χ3n) is 4.39. The van der Waals surface area contributed by atoms with Gasteiger partial charge in [0.05, 0.1) is 16.9 Å². The summed E-state index contributed by atoms with van der Waals surface area (Å²) >= 11 is 5.23. The SMILES string of the molecule is NC(=S)C1(C(=O)N2CCCNC(=O)C2)CCCCCC1. The monoisotopic (exact) mass is 297 g/mol. The summed E-state index contributed by atoms with van der Waals surface area (Å²) in [5.74, 6) is -0.133. The Labute approximate surface area is 125 Å². The molecule has 6 heteroatoms. The topological polar surface area (TPSA) is 75.4 Å². The van der Waals surface area contributed by atoms with Crippen LogP contribution in [0.5, 0.6) is 0 Å². The molecule has 112 valence electrons. The Morgan fingerprint density at radius 3 is 2.45 bits per heavy atom. The third kappa shape index (κ3) is 3.11. The number of nitrogens with zero attached hydrogens (tertiary/aromatic N) is 1. The molecule has 1 heterocycles. The van der Waals surface area contributed by atoms with E-state index in [1.165, 1.54) is 0 Å². The maximum Gasteiger partial charge on any atom is 0.239 e. The van der Waals surface area contributed by atoms with Gasteiger partial charge in [-0.25, -0.2) is 0 Å². The van der Waals surface area contributed by atoms with Crippen LogP contribution in [0, 0.1) is 5.41 Å². The van der Waals surface area contributed by atoms with Crippen molar-refractivity contribution < 1.29 is 9.59 Å². The average Bonchev–Trinajstić information content (AvgIpc) is 2.78. The molecule has 2 aliphatic rings. The van der Waals surface area contributed by atoms with Crippen molar-refractivity contribution in [3.05, 3.63) is 0 Å². The van der Waals surface area contributed by atoms with E-state index in [4.69, 9.17) is 18.0 Å². The lowest BCUT2D eigenvalue weighted by Gasteiger charge is -2.35. The Bertz CT molecular complexity index is 403. The fourth-order valence-corrected chi connectivity index (χ4v) is 3.47. The smallest absolute Gasteiger partial charge is 0.239 e. The Kier molecular flexibility index (Phi) is 4.96. The fourth-order valence-electron chi connectivity index (χ4n) is 3.18. The molecule has 0 unspecified atom stereocenters. The van der Waals surface area contributed by atoms with Gasteiger partial charge in [-0.05, 0) is 19.3 Å². The number of carbonyl (C=O) groups excluding carboxylic acids is 2. The van der Waals surface area contributed by atoms with Gasteiger partial charge in [-0.15, -0.1) is 0 Å². The molecule has 0 bridgehead atoms. The highest BCUT2D eigenvalue weighted by Gasteiger charge is 2.44. The van der Waals surface area contributed by atoms with Crippen LogP contribution in [-0.4, -0.2) is 41.3 Å². The first-order chi connectivity index (χ1) is 9.56. The van der Waals surface area contributed by atoms with Gasteiger partial charge in [0.25, 0.3) is 0 Å². The second-order valence-electron chi connectivity index (χ2n) is 5.79. The largest absolute Gasteiger partial charge is 0.392 e. The van der Waals surface area contributed by atoms with E-state index in [0.717, 1.165) is 44.9 Å². The first kappa shape index (κ1) is 15.2. The molecule has 0 spiro atoms. The normalized spacial score (nSPS) is 23.4. The molecule has 1 aliphatic carbocycles. The Morgan fingerprint density at radius 1 is 1.20 bits per heavy atom. The van der Waals surface area contributed by atoms with E-state index < -0.39 is 5.41 Å². The Balaban J connectivity index is 2.21. The number of hydrogen-bond donors (Lipinski definition) is 2. The first-order valence-corrected chi connectivity index (χ1v) is 7.83. The first-order valence-electron chi connectivity index (χ1n) is 7.42. The van der Waals surface area contributed by atoms with Gasteiger partial charge in [-0.3, -0.25) is 9.59 Å². The van der Waals surface area contributed by atoms with Crippen LogP contribution in [0.4, 0.5) is 0 Å². The molecular weight excluding hydrogens is 274 g/mol. The van der Waals surface area contributed by atoms with Crippen molar-refractivity contribution in [2.75, 3.05) is 19.6 Å². The lowest BCUT2D eigenvalue weighted by Crippen LogP contribution is -2.52. The average molecular weight is 297 g/mol. The zero-order chi connectivity index (χ0) is 14.6. The summed E-state index contributed by atoms with van der Waals surface area (Å²) in [6.07, 6.45) is 6.42. The summed E-state index contributed by atoms with van der Waals surface area (Å²) < 4.78 is 0. The molecule has 2 amide bonds. The van der Waals surface area contributed by atoms with Gasteiger partial charge < -0.3 is 16.0 Å². The maximum absolute atomic E-state index is 12.9. The molecule has 5 nitrogen and oxygen atoms in total. The number of nitrogens with one attached hydrogen (secondary N) is 1. The van der Waals surface area contributed by atoms with E-state index in [-0.39, 0.29) is 18.4 Å². The molecule has 1 saturated heterocycles. The second kappa shape index (κ2) is 6.52.